The lowest BCUT2D eigenvalue weighted by atomic mass is 10.0. The van der Waals surface area contributed by atoms with Gasteiger partial charge in [0.2, 0.25) is 0 Å². The van der Waals surface area contributed by atoms with Crippen molar-refractivity contribution in [2.24, 2.45) is 0 Å². The van der Waals surface area contributed by atoms with E-state index in [1.54, 1.807) is 6.92 Å². The van der Waals surface area contributed by atoms with Gasteiger partial charge in [-0.3, -0.25) is 9.36 Å². The van der Waals surface area contributed by atoms with Gasteiger partial charge in [-0.15, -0.1) is 17.8 Å². The van der Waals surface area contributed by atoms with Gasteiger partial charge in [0, 0.05) is 16.0 Å². The third kappa shape index (κ3) is 2.33. The first-order valence-corrected chi connectivity index (χ1v) is 7.97. The van der Waals surface area contributed by atoms with Crippen LogP contribution in [0.15, 0.2) is 28.4 Å². The number of halogens is 1. The number of hydrogen-bond acceptors (Lipinski definition) is 3. The van der Waals surface area contributed by atoms with E-state index in [0.717, 1.165) is 21.5 Å². The average molecular weight is 329 g/mol. The normalized spacial score (nSPS) is 10.8. The van der Waals surface area contributed by atoms with Gasteiger partial charge in [0.1, 0.15) is 10.7 Å². The predicted octanol–water partition coefficient (Wildman–Crippen LogP) is 4.03. The van der Waals surface area contributed by atoms with Crippen molar-refractivity contribution in [1.29, 1.82) is 0 Å². The quantitative estimate of drug-likeness (QED) is 0.666. The van der Waals surface area contributed by atoms with Crippen LogP contribution in [0.5, 0.6) is 0 Å². The monoisotopic (exact) mass is 328 g/mol. The smallest absolute Gasteiger partial charge is 0.263 e. The summed E-state index contributed by atoms with van der Waals surface area (Å²) in [4.78, 5) is 18.0. The van der Waals surface area contributed by atoms with Gasteiger partial charge in [-0.1, -0.05) is 23.6 Å². The van der Waals surface area contributed by atoms with Gasteiger partial charge >= 0.3 is 0 Å². The minimum Gasteiger partial charge on any atom is -0.284 e. The zero-order chi connectivity index (χ0) is 15.9. The highest BCUT2D eigenvalue weighted by Crippen LogP contribution is 2.32. The summed E-state index contributed by atoms with van der Waals surface area (Å²) in [6, 6.07) is 5.74. The van der Waals surface area contributed by atoms with Gasteiger partial charge in [-0.25, -0.2) is 4.98 Å². The zero-order valence-electron chi connectivity index (χ0n) is 12.2. The van der Waals surface area contributed by atoms with E-state index in [1.807, 2.05) is 30.5 Å². The molecule has 110 valence electrons. The molecule has 0 radical (unpaired) electrons. The minimum absolute atomic E-state index is 0.0932. The number of fused-ring (bicyclic) bond motifs is 1. The highest BCUT2D eigenvalue weighted by Gasteiger charge is 2.15. The SMILES string of the molecule is C#CCn1c(C)nc2scc(-c3ccc(Cl)c(C)c3)c2c1=O. The Balaban J connectivity index is 2.32. The molecule has 1 aromatic carbocycles. The fourth-order valence-corrected chi connectivity index (χ4v) is 3.53. The molecule has 3 aromatic rings. The van der Waals surface area contributed by atoms with Crippen molar-refractivity contribution in [1.82, 2.24) is 9.55 Å². The molecule has 0 aliphatic rings. The van der Waals surface area contributed by atoms with E-state index in [9.17, 15) is 4.79 Å². The maximum Gasteiger partial charge on any atom is 0.263 e. The van der Waals surface area contributed by atoms with Gasteiger partial charge in [-0.05, 0) is 37.1 Å². The highest BCUT2D eigenvalue weighted by molar-refractivity contribution is 7.17. The first-order valence-electron chi connectivity index (χ1n) is 6.71. The summed E-state index contributed by atoms with van der Waals surface area (Å²) in [6.45, 7) is 3.96. The Bertz CT molecular complexity index is 979. The number of aryl methyl sites for hydroxylation is 2. The number of hydrogen-bond donors (Lipinski definition) is 0. The topological polar surface area (TPSA) is 34.9 Å². The summed E-state index contributed by atoms with van der Waals surface area (Å²) in [7, 11) is 0. The maximum absolute atomic E-state index is 12.8. The number of nitrogens with zero attached hydrogens (tertiary/aromatic N) is 2. The molecule has 2 aromatic heterocycles. The van der Waals surface area contributed by atoms with Crippen LogP contribution >= 0.6 is 22.9 Å². The van der Waals surface area contributed by atoms with Gasteiger partial charge in [0.05, 0.1) is 11.9 Å². The Morgan fingerprint density at radius 1 is 1.41 bits per heavy atom. The van der Waals surface area contributed by atoms with Gasteiger partial charge < -0.3 is 0 Å². The molecule has 0 saturated heterocycles. The average Bonchev–Trinajstić information content (AvgIpc) is 2.90. The van der Waals surface area contributed by atoms with Gasteiger partial charge in [0.25, 0.3) is 5.56 Å². The number of aromatic nitrogens is 2. The van der Waals surface area contributed by atoms with E-state index in [4.69, 9.17) is 18.0 Å². The summed E-state index contributed by atoms with van der Waals surface area (Å²) >= 11 is 7.55. The molecular formula is C17H13ClN2OS. The van der Waals surface area contributed by atoms with Crippen molar-refractivity contribution in [2.75, 3.05) is 0 Å². The number of rotatable bonds is 2. The van der Waals surface area contributed by atoms with Crippen LogP contribution < -0.4 is 5.56 Å². The lowest BCUT2D eigenvalue weighted by molar-refractivity contribution is 0.743. The van der Waals surface area contributed by atoms with E-state index in [0.29, 0.717) is 16.2 Å². The molecule has 0 N–H and O–H groups in total. The molecule has 5 heteroatoms. The van der Waals surface area contributed by atoms with Crippen molar-refractivity contribution < 1.29 is 0 Å². The van der Waals surface area contributed by atoms with Crippen molar-refractivity contribution in [3.05, 3.63) is 50.3 Å². The fourth-order valence-electron chi connectivity index (χ4n) is 2.43. The number of terminal acetylenes is 1. The Labute approximate surface area is 137 Å². The van der Waals surface area contributed by atoms with Crippen LogP contribution in [0.1, 0.15) is 11.4 Å². The van der Waals surface area contributed by atoms with E-state index >= 15 is 0 Å². The molecule has 0 bridgehead atoms. The highest BCUT2D eigenvalue weighted by atomic mass is 35.5. The van der Waals surface area contributed by atoms with Crippen molar-refractivity contribution in [3.63, 3.8) is 0 Å². The summed E-state index contributed by atoms with van der Waals surface area (Å²) in [5.74, 6) is 3.14. The lowest BCUT2D eigenvalue weighted by Gasteiger charge is -2.07. The molecule has 0 atom stereocenters. The van der Waals surface area contributed by atoms with Crippen molar-refractivity contribution in [3.8, 4) is 23.5 Å². The molecule has 0 fully saturated rings. The Kier molecular flexibility index (Phi) is 3.78. The summed E-state index contributed by atoms with van der Waals surface area (Å²) < 4.78 is 1.53. The number of benzene rings is 1. The molecule has 3 rings (SSSR count). The predicted molar refractivity (Wildman–Crippen MR) is 92.6 cm³/mol. The van der Waals surface area contributed by atoms with Crippen LogP contribution in [-0.2, 0) is 6.54 Å². The number of thiophene rings is 1. The molecule has 3 nitrogen and oxygen atoms in total. The molecule has 0 spiro atoms. The van der Waals surface area contributed by atoms with Crippen LogP contribution in [0.4, 0.5) is 0 Å². The largest absolute Gasteiger partial charge is 0.284 e. The van der Waals surface area contributed by atoms with Crippen LogP contribution in [-0.4, -0.2) is 9.55 Å². The molecular weight excluding hydrogens is 316 g/mol. The van der Waals surface area contributed by atoms with Crippen LogP contribution in [0, 0.1) is 26.2 Å². The Morgan fingerprint density at radius 2 is 2.18 bits per heavy atom. The minimum atomic E-state index is -0.0932. The summed E-state index contributed by atoms with van der Waals surface area (Å²) in [5, 5.41) is 3.29. The van der Waals surface area contributed by atoms with Crippen molar-refractivity contribution in [2.45, 2.75) is 20.4 Å². The van der Waals surface area contributed by atoms with Crippen LogP contribution in [0.25, 0.3) is 21.3 Å². The van der Waals surface area contributed by atoms with Gasteiger partial charge in [0.15, 0.2) is 0 Å². The third-order valence-corrected chi connectivity index (χ3v) is 4.90. The third-order valence-electron chi connectivity index (χ3n) is 3.60. The van der Waals surface area contributed by atoms with E-state index in [2.05, 4.69) is 10.9 Å². The maximum atomic E-state index is 12.8. The molecule has 0 aliphatic carbocycles. The van der Waals surface area contributed by atoms with E-state index in [-0.39, 0.29) is 12.1 Å². The van der Waals surface area contributed by atoms with Crippen LogP contribution in [0.3, 0.4) is 0 Å². The second-order valence-electron chi connectivity index (χ2n) is 5.05. The second kappa shape index (κ2) is 5.60. The van der Waals surface area contributed by atoms with Crippen molar-refractivity contribution >= 4 is 33.2 Å². The van der Waals surface area contributed by atoms with Gasteiger partial charge in [-0.2, -0.15) is 0 Å². The first-order chi connectivity index (χ1) is 10.5. The molecule has 0 unspecified atom stereocenters. The van der Waals surface area contributed by atoms with E-state index < -0.39 is 0 Å². The molecule has 0 amide bonds. The zero-order valence-corrected chi connectivity index (χ0v) is 13.8. The Hall–Kier alpha value is -2.09. The first kappa shape index (κ1) is 14.8. The summed E-state index contributed by atoms with van der Waals surface area (Å²) in [6.07, 6.45) is 5.35. The second-order valence-corrected chi connectivity index (χ2v) is 6.31. The summed E-state index contributed by atoms with van der Waals surface area (Å²) in [5.41, 5.74) is 2.72. The lowest BCUT2D eigenvalue weighted by Crippen LogP contribution is -2.23. The van der Waals surface area contributed by atoms with E-state index in [1.165, 1.54) is 15.9 Å². The molecule has 2 heterocycles. The standard InChI is InChI=1S/C17H13ClN2OS/c1-4-7-20-11(3)19-16-15(17(20)21)13(9-22-16)12-5-6-14(18)10(2)8-12/h1,5-6,8-9H,7H2,2-3H3. The molecule has 0 aliphatic heterocycles. The Morgan fingerprint density at radius 3 is 2.86 bits per heavy atom. The molecule has 22 heavy (non-hydrogen) atoms. The van der Waals surface area contributed by atoms with Crippen LogP contribution in [0.2, 0.25) is 5.02 Å². The fraction of sp³-hybridized carbons (Fsp3) is 0.176. The molecule has 0 saturated carbocycles.